The normalized spacial score (nSPS) is 24.2. The number of nitrogens with zero attached hydrogens (tertiary/aromatic N) is 1. The molecule has 0 aromatic carbocycles. The highest BCUT2D eigenvalue weighted by molar-refractivity contribution is 4.80. The topological polar surface area (TPSA) is 24.5 Å². The maximum atomic E-state index is 5.71. The average Bonchev–Trinajstić information content (AvgIpc) is 2.30. The van der Waals surface area contributed by atoms with Crippen LogP contribution in [0.5, 0.6) is 0 Å². The van der Waals surface area contributed by atoms with Crippen molar-refractivity contribution in [3.05, 3.63) is 12.7 Å². The zero-order chi connectivity index (χ0) is 11.8. The van der Waals surface area contributed by atoms with Gasteiger partial charge < -0.3 is 10.1 Å². The molecule has 94 valence electrons. The summed E-state index contributed by atoms with van der Waals surface area (Å²) in [7, 11) is 0. The van der Waals surface area contributed by atoms with Crippen molar-refractivity contribution in [3.8, 4) is 0 Å². The third kappa shape index (κ3) is 4.64. The Labute approximate surface area is 99.8 Å². The summed E-state index contributed by atoms with van der Waals surface area (Å²) in [5.41, 5.74) is 0. The van der Waals surface area contributed by atoms with Crippen LogP contribution in [0.1, 0.15) is 26.7 Å². The first-order valence-electron chi connectivity index (χ1n) is 6.45. The Morgan fingerprint density at radius 1 is 1.62 bits per heavy atom. The Kier molecular flexibility index (Phi) is 6.69. The molecule has 0 aromatic heterocycles. The molecule has 0 aliphatic carbocycles. The monoisotopic (exact) mass is 226 g/mol. The fourth-order valence-electron chi connectivity index (χ4n) is 2.26. The minimum Gasteiger partial charge on any atom is -0.377 e. The Morgan fingerprint density at radius 3 is 3.12 bits per heavy atom. The molecular formula is C13H26N2O. The van der Waals surface area contributed by atoms with Gasteiger partial charge in [0.1, 0.15) is 0 Å². The molecule has 3 heteroatoms. The van der Waals surface area contributed by atoms with E-state index in [-0.39, 0.29) is 0 Å². The van der Waals surface area contributed by atoms with Crippen molar-refractivity contribution in [1.82, 2.24) is 10.2 Å². The van der Waals surface area contributed by atoms with Gasteiger partial charge in [0, 0.05) is 32.3 Å². The van der Waals surface area contributed by atoms with Gasteiger partial charge in [0.15, 0.2) is 0 Å². The van der Waals surface area contributed by atoms with E-state index in [0.29, 0.717) is 12.1 Å². The SMILES string of the molecule is C=CCNCC(C)N1CCCC(OCC)C1. The van der Waals surface area contributed by atoms with Crippen molar-refractivity contribution >= 4 is 0 Å². The first kappa shape index (κ1) is 13.7. The summed E-state index contributed by atoms with van der Waals surface area (Å²) in [5, 5.41) is 3.38. The molecule has 16 heavy (non-hydrogen) atoms. The van der Waals surface area contributed by atoms with Crippen molar-refractivity contribution in [3.63, 3.8) is 0 Å². The minimum absolute atomic E-state index is 0.445. The molecule has 2 unspecified atom stereocenters. The summed E-state index contributed by atoms with van der Waals surface area (Å²) in [6, 6.07) is 0.586. The quantitative estimate of drug-likeness (QED) is 0.528. The van der Waals surface area contributed by atoms with Gasteiger partial charge in [-0.05, 0) is 33.2 Å². The molecule has 1 N–H and O–H groups in total. The van der Waals surface area contributed by atoms with Crippen LogP contribution in [0, 0.1) is 0 Å². The third-order valence-corrected chi connectivity index (χ3v) is 3.16. The number of nitrogens with one attached hydrogen (secondary N) is 1. The maximum absolute atomic E-state index is 5.71. The van der Waals surface area contributed by atoms with Gasteiger partial charge in [-0.3, -0.25) is 4.90 Å². The molecule has 0 spiro atoms. The van der Waals surface area contributed by atoms with Gasteiger partial charge in [-0.2, -0.15) is 0 Å². The number of likely N-dealkylation sites (tertiary alicyclic amines) is 1. The predicted molar refractivity (Wildman–Crippen MR) is 68.7 cm³/mol. The molecule has 1 fully saturated rings. The van der Waals surface area contributed by atoms with Crippen LogP contribution in [-0.4, -0.2) is 49.8 Å². The molecule has 0 saturated carbocycles. The lowest BCUT2D eigenvalue weighted by atomic mass is 10.1. The molecule has 2 atom stereocenters. The first-order valence-corrected chi connectivity index (χ1v) is 6.45. The third-order valence-electron chi connectivity index (χ3n) is 3.16. The van der Waals surface area contributed by atoms with Crippen LogP contribution in [0.15, 0.2) is 12.7 Å². The van der Waals surface area contributed by atoms with Crippen molar-refractivity contribution in [2.24, 2.45) is 0 Å². The zero-order valence-corrected chi connectivity index (χ0v) is 10.7. The number of piperidine rings is 1. The summed E-state index contributed by atoms with van der Waals surface area (Å²) >= 11 is 0. The standard InChI is InChI=1S/C13H26N2O/c1-4-8-14-10-12(3)15-9-6-7-13(11-15)16-5-2/h4,12-14H,1,5-11H2,2-3H3. The molecule has 1 rings (SSSR count). The highest BCUT2D eigenvalue weighted by atomic mass is 16.5. The van der Waals surface area contributed by atoms with Gasteiger partial charge in [-0.25, -0.2) is 0 Å². The summed E-state index contributed by atoms with van der Waals surface area (Å²) in [5.74, 6) is 0. The molecule has 0 aromatic rings. The fourth-order valence-corrected chi connectivity index (χ4v) is 2.26. The van der Waals surface area contributed by atoms with E-state index in [9.17, 15) is 0 Å². The minimum atomic E-state index is 0.445. The van der Waals surface area contributed by atoms with Crippen molar-refractivity contribution < 1.29 is 4.74 Å². The van der Waals surface area contributed by atoms with Crippen LogP contribution < -0.4 is 5.32 Å². The Morgan fingerprint density at radius 2 is 2.44 bits per heavy atom. The van der Waals surface area contributed by atoms with Gasteiger partial charge in [0.2, 0.25) is 0 Å². The number of ether oxygens (including phenoxy) is 1. The highest BCUT2D eigenvalue weighted by Gasteiger charge is 2.23. The lowest BCUT2D eigenvalue weighted by molar-refractivity contribution is -0.00476. The maximum Gasteiger partial charge on any atom is 0.0702 e. The molecule has 3 nitrogen and oxygen atoms in total. The van der Waals surface area contributed by atoms with Gasteiger partial charge in [0.25, 0.3) is 0 Å². The van der Waals surface area contributed by atoms with Gasteiger partial charge in [0.05, 0.1) is 6.10 Å². The Balaban J connectivity index is 2.25. The van der Waals surface area contributed by atoms with E-state index in [0.717, 1.165) is 26.2 Å². The van der Waals surface area contributed by atoms with Crippen LogP contribution in [0.2, 0.25) is 0 Å². The molecular weight excluding hydrogens is 200 g/mol. The Bertz CT molecular complexity index is 194. The number of hydrogen-bond donors (Lipinski definition) is 1. The number of hydrogen-bond acceptors (Lipinski definition) is 3. The summed E-state index contributed by atoms with van der Waals surface area (Å²) in [6.07, 6.45) is 4.83. The molecule has 0 bridgehead atoms. The summed E-state index contributed by atoms with van der Waals surface area (Å²) in [6.45, 7) is 13.1. The number of rotatable bonds is 7. The molecule has 1 aliphatic heterocycles. The highest BCUT2D eigenvalue weighted by Crippen LogP contribution is 2.15. The fraction of sp³-hybridized carbons (Fsp3) is 0.846. The second-order valence-electron chi connectivity index (χ2n) is 4.51. The first-order chi connectivity index (χ1) is 7.77. The van der Waals surface area contributed by atoms with Gasteiger partial charge in [-0.1, -0.05) is 6.08 Å². The Hall–Kier alpha value is -0.380. The van der Waals surface area contributed by atoms with Crippen molar-refractivity contribution in [2.45, 2.75) is 38.8 Å². The summed E-state index contributed by atoms with van der Waals surface area (Å²) < 4.78 is 5.71. The largest absolute Gasteiger partial charge is 0.377 e. The van der Waals surface area contributed by atoms with Gasteiger partial charge in [-0.15, -0.1) is 6.58 Å². The van der Waals surface area contributed by atoms with Gasteiger partial charge >= 0.3 is 0 Å². The molecule has 1 saturated heterocycles. The van der Waals surface area contributed by atoms with E-state index in [1.54, 1.807) is 0 Å². The average molecular weight is 226 g/mol. The molecule has 0 amide bonds. The second-order valence-corrected chi connectivity index (χ2v) is 4.51. The van der Waals surface area contributed by atoms with Crippen LogP contribution in [0.25, 0.3) is 0 Å². The summed E-state index contributed by atoms with van der Waals surface area (Å²) in [4.78, 5) is 2.53. The van der Waals surface area contributed by atoms with E-state index >= 15 is 0 Å². The molecule has 1 heterocycles. The lowest BCUT2D eigenvalue weighted by Gasteiger charge is -2.36. The smallest absolute Gasteiger partial charge is 0.0702 e. The van der Waals surface area contributed by atoms with Crippen molar-refractivity contribution in [1.29, 1.82) is 0 Å². The van der Waals surface area contributed by atoms with Crippen LogP contribution in [0.3, 0.4) is 0 Å². The zero-order valence-electron chi connectivity index (χ0n) is 10.7. The van der Waals surface area contributed by atoms with E-state index in [4.69, 9.17) is 4.74 Å². The van der Waals surface area contributed by atoms with Crippen LogP contribution in [-0.2, 0) is 4.74 Å². The lowest BCUT2D eigenvalue weighted by Crippen LogP contribution is -2.48. The van der Waals surface area contributed by atoms with E-state index in [2.05, 4.69) is 30.6 Å². The van der Waals surface area contributed by atoms with Crippen LogP contribution in [0.4, 0.5) is 0 Å². The second kappa shape index (κ2) is 7.82. The van der Waals surface area contributed by atoms with E-state index in [1.807, 2.05) is 6.08 Å². The van der Waals surface area contributed by atoms with Crippen molar-refractivity contribution in [2.75, 3.05) is 32.8 Å². The van der Waals surface area contributed by atoms with E-state index in [1.165, 1.54) is 19.4 Å². The van der Waals surface area contributed by atoms with Crippen LogP contribution >= 0.6 is 0 Å². The van der Waals surface area contributed by atoms with E-state index < -0.39 is 0 Å². The molecule has 0 radical (unpaired) electrons. The molecule has 1 aliphatic rings. The predicted octanol–water partition coefficient (Wildman–Crippen LogP) is 1.65.